The molecule has 1 aromatic rings. The number of aromatic carboxylic acids is 1. The summed E-state index contributed by atoms with van der Waals surface area (Å²) in [6, 6.07) is 3.29. The highest BCUT2D eigenvalue weighted by Gasteiger charge is 2.10. The number of anilines is 1. The van der Waals surface area contributed by atoms with Gasteiger partial charge in [0.1, 0.15) is 5.82 Å². The van der Waals surface area contributed by atoms with Crippen molar-refractivity contribution in [1.29, 1.82) is 0 Å². The number of hydrogen-bond donors (Lipinski definition) is 1. The first-order valence-electron chi connectivity index (χ1n) is 4.98. The van der Waals surface area contributed by atoms with E-state index in [0.717, 1.165) is 11.4 Å². The summed E-state index contributed by atoms with van der Waals surface area (Å²) < 4.78 is 0. The van der Waals surface area contributed by atoms with Crippen molar-refractivity contribution in [2.75, 3.05) is 18.5 Å². The average Bonchev–Trinajstić information content (AvgIpc) is 2.15. The molecule has 1 N–H and O–H groups in total. The van der Waals surface area contributed by atoms with E-state index in [1.54, 1.807) is 19.1 Å². The summed E-state index contributed by atoms with van der Waals surface area (Å²) in [6.45, 7) is 8.17. The minimum Gasteiger partial charge on any atom is -0.478 e. The largest absolute Gasteiger partial charge is 0.478 e. The Hall–Kier alpha value is -1.84. The lowest BCUT2D eigenvalue weighted by molar-refractivity contribution is 0.0695. The predicted octanol–water partition coefficient (Wildman–Crippen LogP) is 2.10. The average molecular weight is 220 g/mol. The van der Waals surface area contributed by atoms with E-state index >= 15 is 0 Å². The molecule has 4 heteroatoms. The van der Waals surface area contributed by atoms with E-state index in [2.05, 4.69) is 11.6 Å². The highest BCUT2D eigenvalue weighted by molar-refractivity contribution is 5.89. The first-order chi connectivity index (χ1) is 7.41. The van der Waals surface area contributed by atoms with Gasteiger partial charge in [-0.15, -0.1) is 0 Å². The molecule has 0 radical (unpaired) electrons. The molecular formula is C12H16N2O2. The summed E-state index contributed by atoms with van der Waals surface area (Å²) >= 11 is 0. The number of carbonyl (C=O) groups is 1. The van der Waals surface area contributed by atoms with E-state index < -0.39 is 5.97 Å². The molecule has 0 unspecified atom stereocenters. The van der Waals surface area contributed by atoms with Crippen molar-refractivity contribution in [2.24, 2.45) is 0 Å². The Morgan fingerprint density at radius 1 is 1.56 bits per heavy atom. The molecule has 0 saturated heterocycles. The van der Waals surface area contributed by atoms with Gasteiger partial charge in [-0.2, -0.15) is 0 Å². The zero-order chi connectivity index (χ0) is 12.3. The summed E-state index contributed by atoms with van der Waals surface area (Å²) in [4.78, 5) is 17.0. The van der Waals surface area contributed by atoms with Crippen molar-refractivity contribution in [2.45, 2.75) is 13.8 Å². The summed E-state index contributed by atoms with van der Waals surface area (Å²) in [7, 11) is 1.90. The lowest BCUT2D eigenvalue weighted by Gasteiger charge is -2.18. The lowest BCUT2D eigenvalue weighted by atomic mass is 10.2. The summed E-state index contributed by atoms with van der Waals surface area (Å²) in [5.41, 5.74) is 1.80. The van der Waals surface area contributed by atoms with Gasteiger partial charge in [0, 0.05) is 13.6 Å². The first-order valence-corrected chi connectivity index (χ1v) is 4.98. The Bertz CT molecular complexity index is 427. The van der Waals surface area contributed by atoms with Crippen molar-refractivity contribution in [1.82, 2.24) is 4.98 Å². The van der Waals surface area contributed by atoms with Crippen molar-refractivity contribution in [3.8, 4) is 0 Å². The van der Waals surface area contributed by atoms with Crippen LogP contribution in [0.2, 0.25) is 0 Å². The molecule has 0 saturated carbocycles. The molecule has 0 atom stereocenters. The van der Waals surface area contributed by atoms with Gasteiger partial charge in [-0.05, 0) is 26.0 Å². The SMILES string of the molecule is C=C(C)CN(C)c1ccc(C(=O)O)c(C)n1. The fourth-order valence-corrected chi connectivity index (χ4v) is 1.47. The van der Waals surface area contributed by atoms with Crippen LogP contribution in [0, 0.1) is 6.92 Å². The van der Waals surface area contributed by atoms with Gasteiger partial charge in [-0.3, -0.25) is 0 Å². The summed E-state index contributed by atoms with van der Waals surface area (Å²) in [6.07, 6.45) is 0. The minimum atomic E-state index is -0.945. The number of carboxylic acid groups (broad SMARTS) is 1. The van der Waals surface area contributed by atoms with Crippen LogP contribution >= 0.6 is 0 Å². The third-order valence-corrected chi connectivity index (χ3v) is 2.20. The van der Waals surface area contributed by atoms with Crippen molar-refractivity contribution >= 4 is 11.8 Å². The number of carboxylic acids is 1. The van der Waals surface area contributed by atoms with Crippen LogP contribution in [0.4, 0.5) is 5.82 Å². The van der Waals surface area contributed by atoms with Crippen molar-refractivity contribution < 1.29 is 9.90 Å². The van der Waals surface area contributed by atoms with E-state index in [9.17, 15) is 4.79 Å². The molecule has 0 aliphatic rings. The number of rotatable bonds is 4. The molecule has 1 aromatic heterocycles. The number of pyridine rings is 1. The zero-order valence-electron chi connectivity index (χ0n) is 9.82. The molecule has 1 rings (SSSR count). The van der Waals surface area contributed by atoms with Crippen LogP contribution in [0.3, 0.4) is 0 Å². The standard InChI is InChI=1S/C12H16N2O2/c1-8(2)7-14(4)11-6-5-10(12(15)16)9(3)13-11/h5-6H,1,7H2,2-4H3,(H,15,16). The van der Waals surface area contributed by atoms with Crippen LogP contribution in [-0.4, -0.2) is 29.7 Å². The molecule has 0 fully saturated rings. The molecule has 86 valence electrons. The van der Waals surface area contributed by atoms with Gasteiger partial charge < -0.3 is 10.0 Å². The molecule has 0 aromatic carbocycles. The van der Waals surface area contributed by atoms with Crippen LogP contribution < -0.4 is 4.90 Å². The molecular weight excluding hydrogens is 204 g/mol. The maximum atomic E-state index is 10.8. The van der Waals surface area contributed by atoms with Gasteiger partial charge in [-0.1, -0.05) is 12.2 Å². The minimum absolute atomic E-state index is 0.243. The van der Waals surface area contributed by atoms with Gasteiger partial charge in [-0.25, -0.2) is 9.78 Å². The van der Waals surface area contributed by atoms with Gasteiger partial charge in [0.2, 0.25) is 0 Å². The summed E-state index contributed by atoms with van der Waals surface area (Å²) in [5.74, 6) is -0.190. The van der Waals surface area contributed by atoms with Crippen molar-refractivity contribution in [3.05, 3.63) is 35.5 Å². The van der Waals surface area contributed by atoms with Gasteiger partial charge >= 0.3 is 5.97 Å². The molecule has 0 amide bonds. The Morgan fingerprint density at radius 3 is 2.62 bits per heavy atom. The lowest BCUT2D eigenvalue weighted by Crippen LogP contribution is -2.20. The maximum absolute atomic E-state index is 10.8. The van der Waals surface area contributed by atoms with E-state index in [0.29, 0.717) is 12.2 Å². The normalized spacial score (nSPS) is 9.94. The van der Waals surface area contributed by atoms with Crippen molar-refractivity contribution in [3.63, 3.8) is 0 Å². The monoisotopic (exact) mass is 220 g/mol. The first kappa shape index (κ1) is 12.2. The molecule has 16 heavy (non-hydrogen) atoms. The molecule has 0 aliphatic heterocycles. The third-order valence-electron chi connectivity index (χ3n) is 2.20. The number of aryl methyl sites for hydroxylation is 1. The van der Waals surface area contributed by atoms with E-state index in [-0.39, 0.29) is 5.56 Å². The number of nitrogens with zero attached hydrogens (tertiary/aromatic N) is 2. The smallest absolute Gasteiger partial charge is 0.337 e. The summed E-state index contributed by atoms with van der Waals surface area (Å²) in [5, 5.41) is 8.87. The Kier molecular flexibility index (Phi) is 3.66. The van der Waals surface area contributed by atoms with Gasteiger partial charge in [0.15, 0.2) is 0 Å². The number of aromatic nitrogens is 1. The maximum Gasteiger partial charge on any atom is 0.337 e. The molecule has 1 heterocycles. The van der Waals surface area contributed by atoms with E-state index in [1.807, 2.05) is 18.9 Å². The third kappa shape index (κ3) is 2.82. The Labute approximate surface area is 95.2 Å². The second-order valence-electron chi connectivity index (χ2n) is 3.92. The zero-order valence-corrected chi connectivity index (χ0v) is 9.82. The molecule has 0 aliphatic carbocycles. The molecule has 0 bridgehead atoms. The fraction of sp³-hybridized carbons (Fsp3) is 0.333. The topological polar surface area (TPSA) is 53.4 Å². The van der Waals surface area contributed by atoms with E-state index in [1.165, 1.54) is 0 Å². The predicted molar refractivity (Wildman–Crippen MR) is 64.0 cm³/mol. The Balaban J connectivity index is 2.96. The van der Waals surface area contributed by atoms with Gasteiger partial charge in [0.05, 0.1) is 11.3 Å². The highest BCUT2D eigenvalue weighted by Crippen LogP contribution is 2.14. The van der Waals surface area contributed by atoms with Crippen LogP contribution in [0.15, 0.2) is 24.3 Å². The Morgan fingerprint density at radius 2 is 2.19 bits per heavy atom. The molecule has 0 spiro atoms. The quantitative estimate of drug-likeness (QED) is 0.789. The van der Waals surface area contributed by atoms with Crippen LogP contribution in [0.5, 0.6) is 0 Å². The van der Waals surface area contributed by atoms with Gasteiger partial charge in [0.25, 0.3) is 0 Å². The second kappa shape index (κ2) is 4.79. The highest BCUT2D eigenvalue weighted by atomic mass is 16.4. The number of likely N-dealkylation sites (N-methyl/N-ethyl adjacent to an activating group) is 1. The van der Waals surface area contributed by atoms with E-state index in [4.69, 9.17) is 5.11 Å². The second-order valence-corrected chi connectivity index (χ2v) is 3.92. The molecule has 4 nitrogen and oxygen atoms in total. The van der Waals surface area contributed by atoms with Crippen LogP contribution in [0.25, 0.3) is 0 Å². The van der Waals surface area contributed by atoms with Crippen LogP contribution in [-0.2, 0) is 0 Å². The fourth-order valence-electron chi connectivity index (χ4n) is 1.47. The van der Waals surface area contributed by atoms with Crippen LogP contribution in [0.1, 0.15) is 23.0 Å². The number of hydrogen-bond acceptors (Lipinski definition) is 3.